The zero-order valence-corrected chi connectivity index (χ0v) is 23.4. The summed E-state index contributed by atoms with van der Waals surface area (Å²) in [6, 6.07) is 16.1. The Morgan fingerprint density at radius 3 is 1.69 bits per heavy atom. The van der Waals surface area contributed by atoms with Gasteiger partial charge in [0.1, 0.15) is 11.6 Å². The highest BCUT2D eigenvalue weighted by Gasteiger charge is 2.18. The van der Waals surface area contributed by atoms with Crippen LogP contribution in [0.25, 0.3) is 0 Å². The zero-order valence-electron chi connectivity index (χ0n) is 23.4. The van der Waals surface area contributed by atoms with Gasteiger partial charge in [-0.15, -0.1) is 0 Å². The molecule has 0 bridgehead atoms. The van der Waals surface area contributed by atoms with Gasteiger partial charge in [-0.25, -0.2) is 4.39 Å². The second-order valence-electron chi connectivity index (χ2n) is 12.4. The summed E-state index contributed by atoms with van der Waals surface area (Å²) in [6.45, 7) is 22.1. The highest BCUT2D eigenvalue weighted by Crippen LogP contribution is 2.31. The monoisotopic (exact) mass is 477 g/mol. The second kappa shape index (κ2) is 11.4. The summed E-state index contributed by atoms with van der Waals surface area (Å²) in [5.41, 5.74) is 6.32. The van der Waals surface area contributed by atoms with Gasteiger partial charge in [-0.1, -0.05) is 86.6 Å². The van der Waals surface area contributed by atoms with Crippen molar-refractivity contribution in [2.45, 2.75) is 91.9 Å². The van der Waals surface area contributed by atoms with Gasteiger partial charge in [-0.05, 0) is 75.3 Å². The molecule has 0 saturated carbocycles. The highest BCUT2D eigenvalue weighted by molar-refractivity contribution is 5.42. The van der Waals surface area contributed by atoms with E-state index in [1.54, 1.807) is 13.0 Å². The maximum atomic E-state index is 13.1. The molecule has 2 nitrogen and oxygen atoms in total. The summed E-state index contributed by atoms with van der Waals surface area (Å²) < 4.78 is 18.6. The molecule has 0 N–H and O–H groups in total. The molecule has 3 heteroatoms. The third-order valence-electron chi connectivity index (χ3n) is 6.15. The number of benzene rings is 2. The van der Waals surface area contributed by atoms with Crippen LogP contribution in [0.15, 0.2) is 60.9 Å². The minimum absolute atomic E-state index is 0.0362. The lowest BCUT2D eigenvalue weighted by molar-refractivity contribution is 0.356. The molecular weight excluding hydrogens is 433 g/mol. The summed E-state index contributed by atoms with van der Waals surface area (Å²) in [5, 5.41) is 0. The lowest BCUT2D eigenvalue weighted by Gasteiger charge is -2.19. The number of aryl methyl sites for hydroxylation is 1. The predicted molar refractivity (Wildman–Crippen MR) is 147 cm³/mol. The first kappa shape index (κ1) is 28.6. The average Bonchev–Trinajstić information content (AvgIpc) is 3.23. The first-order chi connectivity index (χ1) is 16.1. The van der Waals surface area contributed by atoms with E-state index in [9.17, 15) is 4.39 Å². The molecule has 2 aromatic carbocycles. The fourth-order valence-electron chi connectivity index (χ4n) is 3.54. The number of pyridine rings is 1. The molecule has 0 spiro atoms. The smallest absolute Gasteiger partial charge is 0.126 e. The Hall–Kier alpha value is -2.68. The van der Waals surface area contributed by atoms with Crippen molar-refractivity contribution in [3.63, 3.8) is 0 Å². The fourth-order valence-corrected chi connectivity index (χ4v) is 3.54. The first-order valence-corrected chi connectivity index (χ1v) is 12.5. The second-order valence-corrected chi connectivity index (χ2v) is 12.4. The molecule has 1 aliphatic rings. The van der Waals surface area contributed by atoms with Crippen LogP contribution in [0.3, 0.4) is 0 Å². The number of aromatic nitrogens is 1. The molecule has 4 rings (SSSR count). The summed E-state index contributed by atoms with van der Waals surface area (Å²) >= 11 is 0. The van der Waals surface area contributed by atoms with Crippen molar-refractivity contribution in [2.24, 2.45) is 0 Å². The van der Waals surface area contributed by atoms with E-state index in [1.165, 1.54) is 16.7 Å². The minimum Gasteiger partial charge on any atom is -0.493 e. The van der Waals surface area contributed by atoms with Crippen molar-refractivity contribution in [2.75, 3.05) is 6.61 Å². The Morgan fingerprint density at radius 2 is 1.20 bits per heavy atom. The molecule has 1 aliphatic heterocycles. The first-order valence-electron chi connectivity index (χ1n) is 12.5. The van der Waals surface area contributed by atoms with E-state index in [0.717, 1.165) is 24.3 Å². The highest BCUT2D eigenvalue weighted by atomic mass is 19.1. The van der Waals surface area contributed by atoms with E-state index in [2.05, 4.69) is 97.6 Å². The SMILES string of the molecule is CC(C)(C)c1ccc2c(c1)OCC2.CC(C)(C)c1ccncc1.Cc1ccc(C(C)(C)C)cc1F. The number of hydrogen-bond acceptors (Lipinski definition) is 2. The maximum absolute atomic E-state index is 13.1. The Balaban J connectivity index is 0.000000187. The third kappa shape index (κ3) is 8.80. The Morgan fingerprint density at radius 1 is 0.686 bits per heavy atom. The Labute approximate surface area is 213 Å². The van der Waals surface area contributed by atoms with Crippen LogP contribution in [0.2, 0.25) is 0 Å². The Kier molecular flexibility index (Phi) is 9.28. The fraction of sp³-hybridized carbons (Fsp3) is 0.469. The van der Waals surface area contributed by atoms with Gasteiger partial charge in [-0.2, -0.15) is 0 Å². The van der Waals surface area contributed by atoms with Crippen LogP contribution in [-0.2, 0) is 22.7 Å². The van der Waals surface area contributed by atoms with E-state index in [4.69, 9.17) is 4.74 Å². The maximum Gasteiger partial charge on any atom is 0.126 e. The number of nitrogens with zero attached hydrogens (tertiary/aromatic N) is 1. The van der Waals surface area contributed by atoms with E-state index in [1.807, 2.05) is 24.5 Å². The lowest BCUT2D eigenvalue weighted by Crippen LogP contribution is -2.11. The van der Waals surface area contributed by atoms with Crippen molar-refractivity contribution in [1.82, 2.24) is 4.98 Å². The predicted octanol–water partition coefficient (Wildman–Crippen LogP) is 8.73. The molecule has 0 atom stereocenters. The molecule has 0 radical (unpaired) electrons. The normalized spacial score (nSPS) is 13.0. The van der Waals surface area contributed by atoms with Crippen molar-refractivity contribution in [3.8, 4) is 5.75 Å². The summed E-state index contributed by atoms with van der Waals surface area (Å²) in [4.78, 5) is 3.96. The molecule has 2 heterocycles. The quantitative estimate of drug-likeness (QED) is 0.323. The van der Waals surface area contributed by atoms with Gasteiger partial charge in [0.05, 0.1) is 6.61 Å². The van der Waals surface area contributed by atoms with E-state index in [0.29, 0.717) is 5.56 Å². The van der Waals surface area contributed by atoms with Gasteiger partial charge in [-0.3, -0.25) is 4.98 Å². The molecule has 3 aromatic rings. The van der Waals surface area contributed by atoms with Crippen LogP contribution in [0.4, 0.5) is 4.39 Å². The number of rotatable bonds is 0. The number of halogens is 1. The topological polar surface area (TPSA) is 22.1 Å². The van der Waals surface area contributed by atoms with E-state index in [-0.39, 0.29) is 22.1 Å². The molecule has 1 aromatic heterocycles. The summed E-state index contributed by atoms with van der Waals surface area (Å²) in [5.74, 6) is 0.981. The van der Waals surface area contributed by atoms with Crippen molar-refractivity contribution in [1.29, 1.82) is 0 Å². The Bertz CT molecular complexity index is 1080. The van der Waals surface area contributed by atoms with Crippen LogP contribution in [0.1, 0.15) is 90.1 Å². The van der Waals surface area contributed by atoms with Gasteiger partial charge in [0, 0.05) is 18.8 Å². The minimum atomic E-state index is -0.109. The van der Waals surface area contributed by atoms with Crippen LogP contribution >= 0.6 is 0 Å². The summed E-state index contributed by atoms with van der Waals surface area (Å²) in [7, 11) is 0. The van der Waals surface area contributed by atoms with Gasteiger partial charge >= 0.3 is 0 Å². The molecule has 0 aliphatic carbocycles. The third-order valence-corrected chi connectivity index (χ3v) is 6.15. The molecule has 190 valence electrons. The molecule has 0 fully saturated rings. The zero-order chi connectivity index (χ0) is 26.4. The standard InChI is InChI=1S/C12H16O.C11H15F.C9H13N/c1-12(2,3)10-5-4-9-6-7-13-11(9)8-10;1-8-5-6-9(7-10(8)12)11(2,3)4;1-9(2,3)8-4-6-10-7-5-8/h4-5,8H,6-7H2,1-3H3;5-7H,1-4H3;4-7H,1-3H3. The van der Waals surface area contributed by atoms with Crippen molar-refractivity contribution in [3.05, 3.63) is 94.6 Å². The van der Waals surface area contributed by atoms with Gasteiger partial charge < -0.3 is 4.74 Å². The van der Waals surface area contributed by atoms with Gasteiger partial charge in [0.25, 0.3) is 0 Å². The molecular formula is C32H44FNO. The van der Waals surface area contributed by atoms with Crippen LogP contribution in [0.5, 0.6) is 5.75 Å². The van der Waals surface area contributed by atoms with Gasteiger partial charge in [0.15, 0.2) is 0 Å². The van der Waals surface area contributed by atoms with Gasteiger partial charge in [0.2, 0.25) is 0 Å². The number of hydrogen-bond donors (Lipinski definition) is 0. The molecule has 35 heavy (non-hydrogen) atoms. The summed E-state index contributed by atoms with van der Waals surface area (Å²) in [6.07, 6.45) is 4.74. The van der Waals surface area contributed by atoms with Crippen molar-refractivity contribution < 1.29 is 9.13 Å². The lowest BCUT2D eigenvalue weighted by atomic mass is 9.86. The number of ether oxygens (including phenoxy) is 1. The molecule has 0 unspecified atom stereocenters. The average molecular weight is 478 g/mol. The number of fused-ring (bicyclic) bond motifs is 1. The van der Waals surface area contributed by atoms with Crippen LogP contribution in [0, 0.1) is 12.7 Å². The van der Waals surface area contributed by atoms with Crippen molar-refractivity contribution >= 4 is 0 Å². The molecule has 0 amide bonds. The van der Waals surface area contributed by atoms with E-state index < -0.39 is 0 Å². The van der Waals surface area contributed by atoms with Crippen LogP contribution in [-0.4, -0.2) is 11.6 Å². The largest absolute Gasteiger partial charge is 0.493 e. The molecule has 0 saturated heterocycles. The van der Waals surface area contributed by atoms with E-state index >= 15 is 0 Å². The van der Waals surface area contributed by atoms with Crippen LogP contribution < -0.4 is 4.74 Å².